The lowest BCUT2D eigenvalue weighted by Gasteiger charge is -2.56. The van der Waals surface area contributed by atoms with Crippen molar-refractivity contribution in [1.82, 2.24) is 4.23 Å². The fourth-order valence-electron chi connectivity index (χ4n) is 7.17. The highest BCUT2D eigenvalue weighted by Gasteiger charge is 2.73. The molecule has 0 unspecified atom stereocenters. The Morgan fingerprint density at radius 2 is 1.02 bits per heavy atom. The lowest BCUT2D eigenvalue weighted by atomic mass is 10.1. The fourth-order valence-corrected chi connectivity index (χ4v) is 20.8. The molecule has 1 heterocycles. The molecular weight excluding hydrogens is 559 g/mol. The Morgan fingerprint density at radius 1 is 0.700 bits per heavy atom. The number of alkyl halides is 3. The first-order chi connectivity index (χ1) is 17.9. The quantitative estimate of drug-likeness (QED) is 0.196. The number of allylic oxidation sites excluding steroid dienone is 1. The highest BCUT2D eigenvalue weighted by molar-refractivity contribution is 7.06. The standard InChI is InChI=1S/C30H40F6N2Si2/c1-17-13-19(3)24(20(4)14-17)39(36,25-21(5)15-18(2)16-22(25)6)38-23(27(31)32)26(30(33,34)35)37-40(38,28(7,8)9)29(10,11)12/h13-16H,1-12H3. The second-order valence-corrected chi connectivity index (χ2v) is 21.4. The van der Waals surface area contributed by atoms with Gasteiger partial charge >= 0.3 is 14.7 Å². The van der Waals surface area contributed by atoms with Crippen LogP contribution in [0.4, 0.5) is 26.1 Å². The number of hydrogen-bond donors (Lipinski definition) is 0. The van der Waals surface area contributed by atoms with Gasteiger partial charge in [0.2, 0.25) is 0 Å². The van der Waals surface area contributed by atoms with Crippen molar-refractivity contribution in [3.8, 4) is 0 Å². The number of rotatable bonds is 3. The molecule has 3 rings (SSSR count). The van der Waals surface area contributed by atoms with Gasteiger partial charge in [-0.05, 0) is 73.9 Å². The van der Waals surface area contributed by atoms with Crippen LogP contribution in [0.3, 0.4) is 0 Å². The summed E-state index contributed by atoms with van der Waals surface area (Å²) in [4.78, 5) is 0. The SMILES string of the molecule is Cc1cc(C)c([Si](F)(c2c(C)cc(C)cc2C)N2C(=C(F)F)C(C(F)(F)F)=N[Si]2(C(C)(C)C)C(C)(C)C)c(C)c1. The Kier molecular flexibility index (Phi) is 7.96. The van der Waals surface area contributed by atoms with Gasteiger partial charge < -0.3 is 4.23 Å². The molecule has 40 heavy (non-hydrogen) atoms. The van der Waals surface area contributed by atoms with Crippen LogP contribution in [0.15, 0.2) is 40.7 Å². The minimum absolute atomic E-state index is 0.205. The van der Waals surface area contributed by atoms with Gasteiger partial charge in [0.25, 0.3) is 14.5 Å². The van der Waals surface area contributed by atoms with Gasteiger partial charge in [-0.3, -0.25) is 8.77 Å². The van der Waals surface area contributed by atoms with Gasteiger partial charge in [-0.1, -0.05) is 76.9 Å². The van der Waals surface area contributed by atoms with Gasteiger partial charge in [0.1, 0.15) is 5.70 Å². The van der Waals surface area contributed by atoms with Crippen LogP contribution in [0.5, 0.6) is 0 Å². The summed E-state index contributed by atoms with van der Waals surface area (Å²) in [6, 6.07) is 7.10. The van der Waals surface area contributed by atoms with Crippen LogP contribution in [-0.4, -0.2) is 33.1 Å². The Morgan fingerprint density at radius 3 is 1.27 bits per heavy atom. The molecule has 0 radical (unpaired) electrons. The van der Waals surface area contributed by atoms with Crippen molar-refractivity contribution >= 4 is 33.1 Å². The van der Waals surface area contributed by atoms with Crippen LogP contribution in [0.25, 0.3) is 0 Å². The van der Waals surface area contributed by atoms with Gasteiger partial charge in [0.15, 0.2) is 5.71 Å². The van der Waals surface area contributed by atoms with E-state index in [1.165, 1.54) is 0 Å². The number of nitrogens with zero attached hydrogens (tertiary/aromatic N) is 2. The molecule has 0 fully saturated rings. The first-order valence-electron chi connectivity index (χ1n) is 13.3. The third-order valence-corrected chi connectivity index (χ3v) is 19.1. The molecule has 0 spiro atoms. The van der Waals surface area contributed by atoms with E-state index in [2.05, 4.69) is 4.66 Å². The van der Waals surface area contributed by atoms with Crippen LogP contribution in [-0.2, 0) is 0 Å². The van der Waals surface area contributed by atoms with Crippen molar-refractivity contribution < 1.29 is 26.1 Å². The zero-order valence-corrected chi connectivity index (χ0v) is 27.5. The van der Waals surface area contributed by atoms with E-state index in [1.807, 2.05) is 13.8 Å². The normalized spacial score (nSPS) is 16.5. The Balaban J connectivity index is 2.78. The van der Waals surface area contributed by atoms with Crippen molar-refractivity contribution in [1.29, 1.82) is 0 Å². The number of benzene rings is 2. The zero-order chi connectivity index (χ0) is 31.0. The molecule has 2 aromatic rings. The Labute approximate surface area is 236 Å². The second-order valence-electron chi connectivity index (χ2n) is 13.2. The first-order valence-corrected chi connectivity index (χ1v) is 17.0. The van der Waals surface area contributed by atoms with E-state index in [0.717, 1.165) is 15.4 Å². The Bertz CT molecular complexity index is 1290. The van der Waals surface area contributed by atoms with Crippen LogP contribution in [0, 0.1) is 41.5 Å². The van der Waals surface area contributed by atoms with Crippen LogP contribution >= 0.6 is 0 Å². The number of halogens is 6. The van der Waals surface area contributed by atoms with Gasteiger partial charge in [-0.25, -0.2) is 0 Å². The smallest absolute Gasteiger partial charge is 0.368 e. The van der Waals surface area contributed by atoms with E-state index in [9.17, 15) is 13.2 Å². The highest BCUT2D eigenvalue weighted by atomic mass is 28.4. The highest BCUT2D eigenvalue weighted by Crippen LogP contribution is 2.60. The molecule has 0 amide bonds. The lowest BCUT2D eigenvalue weighted by molar-refractivity contribution is -0.0584. The molecule has 0 saturated heterocycles. The fraction of sp³-hybridized carbons (Fsp3) is 0.500. The minimum atomic E-state index is -5.20. The van der Waals surface area contributed by atoms with Crippen molar-refractivity contribution in [2.75, 3.05) is 0 Å². The van der Waals surface area contributed by atoms with Crippen LogP contribution in [0.1, 0.15) is 74.9 Å². The summed E-state index contributed by atoms with van der Waals surface area (Å²) in [5.41, 5.74) is 0.714. The summed E-state index contributed by atoms with van der Waals surface area (Å²) < 4.78 is 98.8. The summed E-state index contributed by atoms with van der Waals surface area (Å²) >= 11 is 0. The van der Waals surface area contributed by atoms with Crippen molar-refractivity contribution in [2.24, 2.45) is 4.66 Å². The van der Waals surface area contributed by atoms with E-state index >= 15 is 12.9 Å². The maximum atomic E-state index is 19.3. The van der Waals surface area contributed by atoms with Crippen molar-refractivity contribution in [3.05, 3.63) is 69.4 Å². The van der Waals surface area contributed by atoms with E-state index in [0.29, 0.717) is 22.3 Å². The zero-order valence-electron chi connectivity index (χ0n) is 25.5. The number of aryl methyl sites for hydroxylation is 6. The average Bonchev–Trinajstić information content (AvgIpc) is 3.11. The molecular formula is C30H40F6N2Si2. The maximum Gasteiger partial charge on any atom is 0.434 e. The third kappa shape index (κ3) is 4.78. The largest absolute Gasteiger partial charge is 0.434 e. The summed E-state index contributed by atoms with van der Waals surface area (Å²) in [5, 5.41) is -1.73. The van der Waals surface area contributed by atoms with Gasteiger partial charge in [-0.2, -0.15) is 22.0 Å². The topological polar surface area (TPSA) is 15.6 Å². The van der Waals surface area contributed by atoms with Crippen molar-refractivity contribution in [2.45, 2.75) is 99.3 Å². The van der Waals surface area contributed by atoms with Crippen molar-refractivity contribution in [3.63, 3.8) is 0 Å². The molecule has 220 valence electrons. The maximum absolute atomic E-state index is 19.3. The van der Waals surface area contributed by atoms with E-state index in [1.54, 1.807) is 93.5 Å². The molecule has 2 aromatic carbocycles. The van der Waals surface area contributed by atoms with Gasteiger partial charge in [-0.15, -0.1) is 0 Å². The predicted octanol–water partition coefficient (Wildman–Crippen LogP) is 8.53. The molecule has 10 heteroatoms. The molecule has 0 bridgehead atoms. The lowest BCUT2D eigenvalue weighted by Crippen LogP contribution is -2.78. The van der Waals surface area contributed by atoms with Crippen LogP contribution < -0.4 is 10.4 Å². The van der Waals surface area contributed by atoms with Gasteiger partial charge in [0.05, 0.1) is 0 Å². The minimum Gasteiger partial charge on any atom is -0.368 e. The molecule has 0 N–H and O–H groups in total. The molecule has 0 saturated carbocycles. The monoisotopic (exact) mass is 598 g/mol. The second kappa shape index (κ2) is 9.89. The predicted molar refractivity (Wildman–Crippen MR) is 157 cm³/mol. The summed E-state index contributed by atoms with van der Waals surface area (Å²) in [6.07, 6.45) is -7.77. The van der Waals surface area contributed by atoms with E-state index in [4.69, 9.17) is 0 Å². The third-order valence-electron chi connectivity index (χ3n) is 7.91. The number of hydrogen-bond acceptors (Lipinski definition) is 2. The molecule has 0 aromatic heterocycles. The van der Waals surface area contributed by atoms with Gasteiger partial charge in [0, 0.05) is 10.4 Å². The first kappa shape index (κ1) is 32.2. The van der Waals surface area contributed by atoms with Crippen LogP contribution in [0.2, 0.25) is 10.1 Å². The Hall–Kier alpha value is -2.34. The molecule has 0 atom stereocenters. The summed E-state index contributed by atoms with van der Waals surface area (Å²) in [7, 11) is -9.38. The molecule has 1 aliphatic heterocycles. The average molecular weight is 599 g/mol. The van der Waals surface area contributed by atoms with E-state index < -0.39 is 50.7 Å². The molecule has 2 nitrogen and oxygen atoms in total. The summed E-state index contributed by atoms with van der Waals surface area (Å²) in [6.45, 7) is 20.8. The van der Waals surface area contributed by atoms with E-state index in [-0.39, 0.29) is 10.4 Å². The molecule has 0 aliphatic carbocycles. The summed E-state index contributed by atoms with van der Waals surface area (Å²) in [5.74, 6) is 0. The molecule has 1 aliphatic rings.